The average molecular weight is 460 g/mol. The number of amides is 1. The number of halogens is 1. The summed E-state index contributed by atoms with van der Waals surface area (Å²) in [6.07, 6.45) is 4.75. The topological polar surface area (TPSA) is 58.8 Å². The summed E-state index contributed by atoms with van der Waals surface area (Å²) in [5.74, 6) is 2.23. The maximum Gasteiger partial charge on any atom is 0.252 e. The number of carbonyl (C=O) groups excluding carboxylic acids is 1. The summed E-state index contributed by atoms with van der Waals surface area (Å²) in [4.78, 5) is 21.4. The molecule has 1 aromatic carbocycles. The van der Waals surface area contributed by atoms with Crippen LogP contribution in [0.3, 0.4) is 0 Å². The first-order valence-electron chi connectivity index (χ1n) is 11.6. The molecule has 1 amide bonds. The molecule has 6 nitrogen and oxygen atoms in total. The van der Waals surface area contributed by atoms with Gasteiger partial charge in [0.1, 0.15) is 11.9 Å². The van der Waals surface area contributed by atoms with Crippen molar-refractivity contribution >= 4 is 17.5 Å². The molecule has 174 valence electrons. The predicted molar refractivity (Wildman–Crippen MR) is 125 cm³/mol. The first kappa shape index (κ1) is 23.3. The van der Waals surface area contributed by atoms with E-state index in [-0.39, 0.29) is 11.9 Å². The Morgan fingerprint density at radius 1 is 1.16 bits per heavy atom. The highest BCUT2D eigenvalue weighted by Crippen LogP contribution is 2.37. The monoisotopic (exact) mass is 459 g/mol. The number of rotatable bonds is 5. The molecule has 0 bridgehead atoms. The normalized spacial score (nSPS) is 26.8. The Morgan fingerprint density at radius 2 is 1.84 bits per heavy atom. The lowest BCUT2D eigenvalue weighted by Gasteiger charge is -2.46. The van der Waals surface area contributed by atoms with Crippen LogP contribution >= 0.6 is 11.6 Å². The molecule has 1 aliphatic heterocycles. The number of oxazole rings is 1. The van der Waals surface area contributed by atoms with Crippen molar-refractivity contribution in [1.29, 1.82) is 0 Å². The summed E-state index contributed by atoms with van der Waals surface area (Å²) in [7, 11) is 3.59. The van der Waals surface area contributed by atoms with Gasteiger partial charge in [0.2, 0.25) is 0 Å². The highest BCUT2D eigenvalue weighted by Gasteiger charge is 2.39. The zero-order chi connectivity index (χ0) is 22.8. The van der Waals surface area contributed by atoms with Crippen molar-refractivity contribution in [2.45, 2.75) is 70.1 Å². The van der Waals surface area contributed by atoms with Gasteiger partial charge in [-0.05, 0) is 63.6 Å². The van der Waals surface area contributed by atoms with Crippen LogP contribution in [0.25, 0.3) is 0 Å². The number of ether oxygens (including phenoxy) is 1. The summed E-state index contributed by atoms with van der Waals surface area (Å²) < 4.78 is 12.0. The molecule has 7 heteroatoms. The molecular formula is C25H34ClN3O3. The third-order valence-corrected chi connectivity index (χ3v) is 7.25. The Hall–Kier alpha value is -1.89. The molecule has 32 heavy (non-hydrogen) atoms. The van der Waals surface area contributed by atoms with Crippen LogP contribution in [0.15, 0.2) is 28.7 Å². The first-order chi connectivity index (χ1) is 15.3. The molecule has 0 N–H and O–H groups in total. The molecular weight excluding hydrogens is 426 g/mol. The number of benzene rings is 1. The summed E-state index contributed by atoms with van der Waals surface area (Å²) in [6, 6.07) is 8.73. The van der Waals surface area contributed by atoms with Gasteiger partial charge in [0, 0.05) is 43.7 Å². The van der Waals surface area contributed by atoms with Crippen LogP contribution in [0.4, 0.5) is 0 Å². The SMILES string of the molecule is Cc1nc(C2CCC(N3C[C@H](C(=O)N(C)C)OC[C@@H]3Cc3ccc(Cl)cc3)CC2)oc1C. The van der Waals surface area contributed by atoms with E-state index in [9.17, 15) is 4.79 Å². The molecule has 0 radical (unpaired) electrons. The van der Waals surface area contributed by atoms with Gasteiger partial charge in [-0.2, -0.15) is 0 Å². The van der Waals surface area contributed by atoms with Crippen molar-refractivity contribution in [1.82, 2.24) is 14.8 Å². The summed E-state index contributed by atoms with van der Waals surface area (Å²) in [6.45, 7) is 5.19. The van der Waals surface area contributed by atoms with Gasteiger partial charge >= 0.3 is 0 Å². The Labute approximate surface area is 195 Å². The largest absolute Gasteiger partial charge is 0.445 e. The average Bonchev–Trinajstić information content (AvgIpc) is 3.13. The van der Waals surface area contributed by atoms with Gasteiger partial charge in [0.05, 0.1) is 12.3 Å². The lowest BCUT2D eigenvalue weighted by Crippen LogP contribution is -2.58. The van der Waals surface area contributed by atoms with Crippen LogP contribution in [0.1, 0.15) is 54.5 Å². The number of aryl methyl sites for hydroxylation is 2. The van der Waals surface area contributed by atoms with Gasteiger partial charge in [-0.25, -0.2) is 4.98 Å². The highest BCUT2D eigenvalue weighted by molar-refractivity contribution is 6.30. The third kappa shape index (κ3) is 5.19. The number of hydrogen-bond donors (Lipinski definition) is 0. The fourth-order valence-corrected chi connectivity index (χ4v) is 5.12. The molecule has 2 aromatic rings. The van der Waals surface area contributed by atoms with E-state index < -0.39 is 6.10 Å². The van der Waals surface area contributed by atoms with E-state index >= 15 is 0 Å². The van der Waals surface area contributed by atoms with E-state index in [2.05, 4.69) is 22.0 Å². The summed E-state index contributed by atoms with van der Waals surface area (Å²) in [5.41, 5.74) is 2.23. The van der Waals surface area contributed by atoms with E-state index in [1.165, 1.54) is 5.56 Å². The predicted octanol–water partition coefficient (Wildman–Crippen LogP) is 4.37. The fraction of sp³-hybridized carbons (Fsp3) is 0.600. The number of hydrogen-bond acceptors (Lipinski definition) is 5. The Balaban J connectivity index is 1.46. The number of nitrogens with zero attached hydrogens (tertiary/aromatic N) is 3. The minimum Gasteiger partial charge on any atom is -0.445 e. The van der Waals surface area contributed by atoms with Crippen molar-refractivity contribution in [2.24, 2.45) is 0 Å². The molecule has 2 atom stereocenters. The van der Waals surface area contributed by atoms with Crippen LogP contribution in [0, 0.1) is 13.8 Å². The van der Waals surface area contributed by atoms with Gasteiger partial charge in [0.15, 0.2) is 5.89 Å². The second-order valence-electron chi connectivity index (χ2n) is 9.43. The van der Waals surface area contributed by atoms with Crippen LogP contribution < -0.4 is 0 Å². The zero-order valence-electron chi connectivity index (χ0n) is 19.5. The quantitative estimate of drug-likeness (QED) is 0.664. The van der Waals surface area contributed by atoms with Crippen LogP contribution in [0.2, 0.25) is 5.02 Å². The summed E-state index contributed by atoms with van der Waals surface area (Å²) >= 11 is 6.07. The maximum absolute atomic E-state index is 12.6. The first-order valence-corrected chi connectivity index (χ1v) is 12.0. The summed E-state index contributed by atoms with van der Waals surface area (Å²) in [5, 5.41) is 0.748. The Morgan fingerprint density at radius 3 is 2.44 bits per heavy atom. The van der Waals surface area contributed by atoms with Crippen LogP contribution in [0.5, 0.6) is 0 Å². The Kier molecular flexibility index (Phi) is 7.23. The van der Waals surface area contributed by atoms with E-state index in [0.717, 1.165) is 54.5 Å². The second kappa shape index (κ2) is 9.94. The molecule has 2 aliphatic rings. The lowest BCUT2D eigenvalue weighted by molar-refractivity contribution is -0.153. The van der Waals surface area contributed by atoms with Gasteiger partial charge in [-0.15, -0.1) is 0 Å². The lowest BCUT2D eigenvalue weighted by atomic mass is 9.84. The Bertz CT molecular complexity index is 900. The van der Waals surface area contributed by atoms with Crippen molar-refractivity contribution in [3.63, 3.8) is 0 Å². The van der Waals surface area contributed by atoms with Crippen LogP contribution in [-0.2, 0) is 16.0 Å². The van der Waals surface area contributed by atoms with Crippen LogP contribution in [-0.4, -0.2) is 66.1 Å². The number of carbonyl (C=O) groups is 1. The minimum atomic E-state index is -0.402. The standard InChI is InChI=1S/C25H34ClN3O3/c1-16-17(2)32-24(27-16)19-7-11-21(12-8-19)29-14-23(25(30)28(3)4)31-15-22(29)13-18-5-9-20(26)10-6-18/h5-6,9-10,19,21-23H,7-8,11-15H2,1-4H3/t19?,21?,22-,23+/m0/s1. The highest BCUT2D eigenvalue weighted by atomic mass is 35.5. The maximum atomic E-state index is 12.6. The van der Waals surface area contributed by atoms with E-state index in [1.807, 2.05) is 26.0 Å². The van der Waals surface area contributed by atoms with Gasteiger partial charge < -0.3 is 14.1 Å². The van der Waals surface area contributed by atoms with Crippen molar-refractivity contribution < 1.29 is 13.9 Å². The second-order valence-corrected chi connectivity index (χ2v) is 9.87. The smallest absolute Gasteiger partial charge is 0.252 e. The van der Waals surface area contributed by atoms with E-state index in [1.54, 1.807) is 19.0 Å². The molecule has 1 aromatic heterocycles. The number of morpholine rings is 1. The molecule has 1 saturated carbocycles. The van der Waals surface area contributed by atoms with Gasteiger partial charge in [-0.3, -0.25) is 9.69 Å². The van der Waals surface area contributed by atoms with E-state index in [0.29, 0.717) is 25.1 Å². The van der Waals surface area contributed by atoms with Crippen molar-refractivity contribution in [2.75, 3.05) is 27.2 Å². The molecule has 4 rings (SSSR count). The van der Waals surface area contributed by atoms with E-state index in [4.69, 9.17) is 20.8 Å². The van der Waals surface area contributed by atoms with Crippen molar-refractivity contribution in [3.05, 3.63) is 52.2 Å². The number of aromatic nitrogens is 1. The molecule has 1 saturated heterocycles. The van der Waals surface area contributed by atoms with Crippen molar-refractivity contribution in [3.8, 4) is 0 Å². The molecule has 0 unspecified atom stereocenters. The minimum absolute atomic E-state index is 0.0411. The zero-order valence-corrected chi connectivity index (χ0v) is 20.3. The molecule has 2 fully saturated rings. The number of likely N-dealkylation sites (N-methyl/N-ethyl adjacent to an activating group) is 1. The third-order valence-electron chi connectivity index (χ3n) is 7.00. The fourth-order valence-electron chi connectivity index (χ4n) is 5.00. The van der Waals surface area contributed by atoms with Gasteiger partial charge in [0.25, 0.3) is 5.91 Å². The molecule has 1 aliphatic carbocycles. The van der Waals surface area contributed by atoms with Gasteiger partial charge in [-0.1, -0.05) is 23.7 Å². The molecule has 0 spiro atoms. The molecule has 2 heterocycles.